The molecule has 0 aliphatic carbocycles. The first kappa shape index (κ1) is 22.3. The van der Waals surface area contributed by atoms with Crippen molar-refractivity contribution >= 4 is 28.8 Å². The molecule has 8 heteroatoms. The second-order valence-corrected chi connectivity index (χ2v) is 7.81. The summed E-state index contributed by atoms with van der Waals surface area (Å²) in [5.74, 6) is 0.553. The van der Waals surface area contributed by atoms with Gasteiger partial charge in [-0.1, -0.05) is 43.2 Å². The van der Waals surface area contributed by atoms with Gasteiger partial charge in [0.15, 0.2) is 5.65 Å². The summed E-state index contributed by atoms with van der Waals surface area (Å²) in [4.78, 5) is 27.2. The number of anilines is 2. The molecule has 8 nitrogen and oxygen atoms in total. The van der Waals surface area contributed by atoms with Crippen molar-refractivity contribution in [2.75, 3.05) is 11.9 Å². The monoisotopic (exact) mass is 445 g/mol. The fourth-order valence-electron chi connectivity index (χ4n) is 3.55. The fourth-order valence-corrected chi connectivity index (χ4v) is 3.55. The second kappa shape index (κ2) is 11.1. The van der Waals surface area contributed by atoms with E-state index in [4.69, 9.17) is 14.8 Å². The maximum absolute atomic E-state index is 10.5. The molecule has 0 amide bonds. The average molecular weight is 446 g/mol. The van der Waals surface area contributed by atoms with E-state index in [2.05, 4.69) is 32.4 Å². The molecule has 0 bridgehead atoms. The Morgan fingerprint density at radius 3 is 2.55 bits per heavy atom. The first-order chi connectivity index (χ1) is 16.2. The van der Waals surface area contributed by atoms with E-state index in [1.54, 1.807) is 6.33 Å². The summed E-state index contributed by atoms with van der Waals surface area (Å²) in [5, 5.41) is 11.9. The van der Waals surface area contributed by atoms with Gasteiger partial charge in [0, 0.05) is 18.5 Å². The molecule has 0 atom stereocenters. The zero-order chi connectivity index (χ0) is 22.9. The van der Waals surface area contributed by atoms with Crippen molar-refractivity contribution in [3.63, 3.8) is 0 Å². The summed E-state index contributed by atoms with van der Waals surface area (Å²) >= 11 is 0. The number of H-pyrrole nitrogens is 1. The Balaban J connectivity index is 1.33. The lowest BCUT2D eigenvalue weighted by atomic mass is 10.1. The van der Waals surface area contributed by atoms with E-state index in [0.717, 1.165) is 48.3 Å². The molecular formula is C25H27N5O3. The Bertz CT molecular complexity index is 1180. The zero-order valence-corrected chi connectivity index (χ0v) is 18.3. The van der Waals surface area contributed by atoms with Crippen LogP contribution in [0.1, 0.15) is 43.4 Å². The van der Waals surface area contributed by atoms with Crippen LogP contribution in [0, 0.1) is 0 Å². The predicted molar refractivity (Wildman–Crippen MR) is 127 cm³/mol. The molecule has 3 N–H and O–H groups in total. The van der Waals surface area contributed by atoms with Crippen LogP contribution in [0.3, 0.4) is 0 Å². The minimum absolute atomic E-state index is 0.236. The number of carboxylic acids is 1. The molecule has 0 unspecified atom stereocenters. The van der Waals surface area contributed by atoms with E-state index in [-0.39, 0.29) is 6.42 Å². The summed E-state index contributed by atoms with van der Waals surface area (Å²) < 4.78 is 5.78. The number of carboxylic acid groups (broad SMARTS) is 1. The molecule has 2 aromatic carbocycles. The third-order valence-corrected chi connectivity index (χ3v) is 5.24. The second-order valence-electron chi connectivity index (χ2n) is 7.81. The number of nitrogens with one attached hydrogen (secondary N) is 2. The molecule has 0 saturated heterocycles. The van der Waals surface area contributed by atoms with E-state index in [9.17, 15) is 4.79 Å². The van der Waals surface area contributed by atoms with Gasteiger partial charge < -0.3 is 20.1 Å². The maximum atomic E-state index is 10.5. The number of ether oxygens (including phenoxy) is 1. The van der Waals surface area contributed by atoms with E-state index in [1.807, 2.05) is 42.5 Å². The highest BCUT2D eigenvalue weighted by molar-refractivity contribution is 5.75. The molecule has 0 radical (unpaired) electrons. The number of hydrogen-bond donors (Lipinski definition) is 3. The van der Waals surface area contributed by atoms with Crippen molar-refractivity contribution in [3.8, 4) is 5.75 Å². The van der Waals surface area contributed by atoms with Crippen LogP contribution in [0.25, 0.3) is 11.2 Å². The molecule has 4 aromatic rings. The number of unbranched alkanes of at least 4 members (excludes halogenated alkanes) is 3. The van der Waals surface area contributed by atoms with Crippen molar-refractivity contribution in [3.05, 3.63) is 72.2 Å². The van der Waals surface area contributed by atoms with Crippen LogP contribution >= 0.6 is 0 Å². The van der Waals surface area contributed by atoms with E-state index in [1.165, 1.54) is 5.56 Å². The topological polar surface area (TPSA) is 113 Å². The Kier molecular flexibility index (Phi) is 7.48. The lowest BCUT2D eigenvalue weighted by molar-refractivity contribution is -0.137. The number of carbonyl (C=O) groups is 1. The molecule has 170 valence electrons. The summed E-state index contributed by atoms with van der Waals surface area (Å²) in [6.07, 6.45) is 6.04. The first-order valence-corrected chi connectivity index (χ1v) is 11.1. The van der Waals surface area contributed by atoms with Crippen LogP contribution in [-0.2, 0) is 11.2 Å². The zero-order valence-electron chi connectivity index (χ0n) is 18.3. The SMILES string of the molecule is O=C(O)CCCCCCOc1ccc(Nc2nc(Cc3ccccc3)c3[nH]cnc3n2)cc1. The Hall–Kier alpha value is -3.94. The van der Waals surface area contributed by atoms with E-state index in [0.29, 0.717) is 24.6 Å². The van der Waals surface area contributed by atoms with Crippen LogP contribution < -0.4 is 10.1 Å². The van der Waals surface area contributed by atoms with Crippen molar-refractivity contribution in [2.45, 2.75) is 38.5 Å². The van der Waals surface area contributed by atoms with Gasteiger partial charge in [0.1, 0.15) is 11.3 Å². The number of aromatic nitrogens is 4. The molecule has 0 saturated carbocycles. The molecule has 2 aromatic heterocycles. The van der Waals surface area contributed by atoms with Gasteiger partial charge in [-0.3, -0.25) is 4.79 Å². The molecule has 0 aliphatic rings. The summed E-state index contributed by atoms with van der Waals surface area (Å²) in [6, 6.07) is 17.9. The summed E-state index contributed by atoms with van der Waals surface area (Å²) in [6.45, 7) is 0.613. The largest absolute Gasteiger partial charge is 0.494 e. The predicted octanol–water partition coefficient (Wildman–Crippen LogP) is 5.10. The van der Waals surface area contributed by atoms with Gasteiger partial charge in [0.2, 0.25) is 5.95 Å². The smallest absolute Gasteiger partial charge is 0.303 e. The average Bonchev–Trinajstić information content (AvgIpc) is 3.29. The Labute approximate surface area is 192 Å². The molecule has 2 heterocycles. The van der Waals surface area contributed by atoms with Crippen LogP contribution in [0.4, 0.5) is 11.6 Å². The number of aliphatic carboxylic acids is 1. The third kappa shape index (κ3) is 6.52. The van der Waals surface area contributed by atoms with Crippen molar-refractivity contribution in [2.24, 2.45) is 0 Å². The van der Waals surface area contributed by atoms with Gasteiger partial charge in [-0.25, -0.2) is 9.97 Å². The number of hydrogen-bond acceptors (Lipinski definition) is 6. The number of rotatable bonds is 12. The van der Waals surface area contributed by atoms with Gasteiger partial charge in [-0.2, -0.15) is 4.98 Å². The number of fused-ring (bicyclic) bond motifs is 1. The molecule has 4 rings (SSSR count). The highest BCUT2D eigenvalue weighted by Crippen LogP contribution is 2.22. The third-order valence-electron chi connectivity index (χ3n) is 5.24. The van der Waals surface area contributed by atoms with E-state index < -0.39 is 5.97 Å². The standard InChI is InChI=1S/C25H27N5O3/c31-22(32)10-6-1-2-7-15-33-20-13-11-19(12-14-20)28-25-29-21(16-18-8-4-3-5-9-18)23-24(30-25)27-17-26-23/h3-5,8-9,11-14,17H,1-2,6-7,10,15-16H2,(H,31,32)(H2,26,27,28,29,30). The highest BCUT2D eigenvalue weighted by atomic mass is 16.5. The number of aromatic amines is 1. The lowest BCUT2D eigenvalue weighted by Crippen LogP contribution is -2.03. The van der Waals surface area contributed by atoms with E-state index >= 15 is 0 Å². The van der Waals surface area contributed by atoms with Gasteiger partial charge >= 0.3 is 5.97 Å². The number of nitrogens with zero attached hydrogens (tertiary/aromatic N) is 3. The van der Waals surface area contributed by atoms with Crippen LogP contribution in [0.15, 0.2) is 60.9 Å². The van der Waals surface area contributed by atoms with Gasteiger partial charge in [-0.15, -0.1) is 0 Å². The van der Waals surface area contributed by atoms with Gasteiger partial charge in [-0.05, 0) is 42.7 Å². The van der Waals surface area contributed by atoms with Crippen molar-refractivity contribution < 1.29 is 14.6 Å². The molecule has 0 aliphatic heterocycles. The Morgan fingerprint density at radius 1 is 0.970 bits per heavy atom. The number of imidazole rings is 1. The van der Waals surface area contributed by atoms with Crippen LogP contribution in [0.2, 0.25) is 0 Å². The minimum Gasteiger partial charge on any atom is -0.494 e. The molecule has 0 spiro atoms. The van der Waals surface area contributed by atoms with Crippen LogP contribution in [-0.4, -0.2) is 37.6 Å². The van der Waals surface area contributed by atoms with Crippen molar-refractivity contribution in [1.29, 1.82) is 0 Å². The minimum atomic E-state index is -0.734. The number of benzene rings is 2. The van der Waals surface area contributed by atoms with Gasteiger partial charge in [0.05, 0.1) is 18.6 Å². The molecular weight excluding hydrogens is 418 g/mol. The Morgan fingerprint density at radius 2 is 1.76 bits per heavy atom. The van der Waals surface area contributed by atoms with Gasteiger partial charge in [0.25, 0.3) is 0 Å². The van der Waals surface area contributed by atoms with Crippen molar-refractivity contribution in [1.82, 2.24) is 19.9 Å². The molecule has 0 fully saturated rings. The summed E-state index contributed by atoms with van der Waals surface area (Å²) in [5.41, 5.74) is 4.38. The van der Waals surface area contributed by atoms with Crippen LogP contribution in [0.5, 0.6) is 5.75 Å². The lowest BCUT2D eigenvalue weighted by Gasteiger charge is -2.10. The maximum Gasteiger partial charge on any atom is 0.303 e. The fraction of sp³-hybridized carbons (Fsp3) is 0.280. The summed E-state index contributed by atoms with van der Waals surface area (Å²) in [7, 11) is 0. The first-order valence-electron chi connectivity index (χ1n) is 11.1. The highest BCUT2D eigenvalue weighted by Gasteiger charge is 2.11. The normalized spacial score (nSPS) is 10.9. The quantitative estimate of drug-likeness (QED) is 0.260. The molecule has 33 heavy (non-hydrogen) atoms.